The normalized spacial score (nSPS) is 15.3. The van der Waals surface area contributed by atoms with Crippen molar-refractivity contribution in [3.63, 3.8) is 0 Å². The van der Waals surface area contributed by atoms with E-state index < -0.39 is 5.67 Å². The van der Waals surface area contributed by atoms with Gasteiger partial charge in [0.05, 0.1) is 0 Å². The number of imide groups is 1. The number of carbonyl (C=O) groups excluding carboxylic acids is 3. The molecule has 1 unspecified atom stereocenters. The fraction of sp³-hybridized carbons (Fsp3) is 0.458. The number of nitrogens with one attached hydrogen (secondary N) is 1. The molecule has 2 rings (SSSR count). The number of allylic oxidation sites excluding steroid dienone is 1. The molecule has 1 atom stereocenters. The van der Waals surface area contributed by atoms with Crippen LogP contribution in [0.3, 0.4) is 0 Å². The smallest absolute Gasteiger partial charge is 0.253 e. The molecule has 0 aromatic heterocycles. The molecule has 1 aromatic rings. The van der Waals surface area contributed by atoms with E-state index in [2.05, 4.69) is 18.8 Å². The summed E-state index contributed by atoms with van der Waals surface area (Å²) in [5.74, 6) is -0.889. The van der Waals surface area contributed by atoms with E-state index in [9.17, 15) is 14.4 Å². The van der Waals surface area contributed by atoms with Gasteiger partial charge in [0.25, 0.3) is 17.7 Å². The number of halogens is 1. The van der Waals surface area contributed by atoms with Gasteiger partial charge >= 0.3 is 0 Å². The summed E-state index contributed by atoms with van der Waals surface area (Å²) in [5.41, 5.74) is -0.126. The van der Waals surface area contributed by atoms with Gasteiger partial charge in [-0.25, -0.2) is 4.39 Å². The van der Waals surface area contributed by atoms with Gasteiger partial charge in [0.1, 0.15) is 5.67 Å². The fourth-order valence-electron chi connectivity index (χ4n) is 3.41. The van der Waals surface area contributed by atoms with Crippen molar-refractivity contribution >= 4 is 17.7 Å². The largest absolute Gasteiger partial charge is 0.352 e. The summed E-state index contributed by atoms with van der Waals surface area (Å²) in [5, 5.41) is 2.77. The zero-order valence-corrected chi connectivity index (χ0v) is 17.7. The number of hydrogen-bond acceptors (Lipinski definition) is 3. The van der Waals surface area contributed by atoms with Gasteiger partial charge < -0.3 is 5.32 Å². The molecular weight excluding hydrogens is 383 g/mol. The minimum Gasteiger partial charge on any atom is -0.352 e. The third-order valence-electron chi connectivity index (χ3n) is 5.27. The monoisotopic (exact) mass is 414 g/mol. The number of nitrogens with zero attached hydrogens (tertiary/aromatic N) is 1. The van der Waals surface area contributed by atoms with Crippen LogP contribution in [0.2, 0.25) is 0 Å². The molecule has 6 heteroatoms. The van der Waals surface area contributed by atoms with Crippen LogP contribution in [-0.4, -0.2) is 41.4 Å². The van der Waals surface area contributed by atoms with E-state index in [-0.39, 0.29) is 30.7 Å². The first-order valence-electron chi connectivity index (χ1n) is 10.6. The number of rotatable bonds is 13. The van der Waals surface area contributed by atoms with Crippen molar-refractivity contribution in [3.8, 4) is 0 Å². The van der Waals surface area contributed by atoms with Crippen molar-refractivity contribution in [1.29, 1.82) is 0 Å². The number of alkyl halides is 1. The van der Waals surface area contributed by atoms with Crippen molar-refractivity contribution in [3.05, 3.63) is 60.2 Å². The van der Waals surface area contributed by atoms with Gasteiger partial charge in [0.2, 0.25) is 0 Å². The fourth-order valence-corrected chi connectivity index (χ4v) is 3.41. The van der Waals surface area contributed by atoms with Crippen LogP contribution in [0.5, 0.6) is 0 Å². The highest BCUT2D eigenvalue weighted by Gasteiger charge is 2.25. The number of hydrogen-bond donors (Lipinski definition) is 1. The van der Waals surface area contributed by atoms with Crippen LogP contribution >= 0.6 is 0 Å². The van der Waals surface area contributed by atoms with E-state index in [4.69, 9.17) is 0 Å². The zero-order valence-electron chi connectivity index (χ0n) is 17.7. The number of amides is 3. The van der Waals surface area contributed by atoms with Gasteiger partial charge in [-0.2, -0.15) is 0 Å². The summed E-state index contributed by atoms with van der Waals surface area (Å²) in [6, 6.07) is 6.91. The molecule has 1 N–H and O–H groups in total. The molecule has 162 valence electrons. The lowest BCUT2D eigenvalue weighted by Gasteiger charge is -2.21. The molecule has 0 radical (unpaired) electrons. The first-order chi connectivity index (χ1) is 14.4. The number of unbranched alkanes of at least 4 members (excludes halogenated alkanes) is 3. The van der Waals surface area contributed by atoms with Crippen LogP contribution in [0.1, 0.15) is 61.4 Å². The van der Waals surface area contributed by atoms with E-state index in [0.717, 1.165) is 36.1 Å². The van der Waals surface area contributed by atoms with E-state index >= 15 is 4.39 Å². The lowest BCUT2D eigenvalue weighted by molar-refractivity contribution is -0.136. The molecule has 0 saturated carbocycles. The van der Waals surface area contributed by atoms with E-state index in [1.807, 2.05) is 0 Å². The SMILES string of the molecule is C=CC(F)(CCCCCC)Cc1ccc(C(=O)NCCCN2C(=O)C=CC2=O)cc1. The van der Waals surface area contributed by atoms with Crippen LogP contribution in [0.4, 0.5) is 4.39 Å². The Kier molecular flexibility index (Phi) is 8.96. The molecule has 30 heavy (non-hydrogen) atoms. The second-order valence-corrected chi connectivity index (χ2v) is 7.69. The predicted molar refractivity (Wildman–Crippen MR) is 116 cm³/mol. The van der Waals surface area contributed by atoms with Crippen LogP contribution in [0.15, 0.2) is 49.1 Å². The number of benzene rings is 1. The van der Waals surface area contributed by atoms with Gasteiger partial charge in [-0.3, -0.25) is 19.3 Å². The molecule has 0 spiro atoms. The highest BCUT2D eigenvalue weighted by atomic mass is 19.1. The number of carbonyl (C=O) groups is 3. The Hall–Kier alpha value is -2.76. The van der Waals surface area contributed by atoms with Gasteiger partial charge in [-0.05, 0) is 37.0 Å². The summed E-state index contributed by atoms with van der Waals surface area (Å²) >= 11 is 0. The first kappa shape index (κ1) is 23.5. The van der Waals surface area contributed by atoms with Gasteiger partial charge in [0.15, 0.2) is 0 Å². The highest BCUT2D eigenvalue weighted by Crippen LogP contribution is 2.26. The molecule has 1 aliphatic heterocycles. The maximum Gasteiger partial charge on any atom is 0.253 e. The van der Waals surface area contributed by atoms with Crippen molar-refractivity contribution < 1.29 is 18.8 Å². The first-order valence-corrected chi connectivity index (χ1v) is 10.6. The Morgan fingerprint density at radius 2 is 1.77 bits per heavy atom. The highest BCUT2D eigenvalue weighted by molar-refractivity contribution is 6.12. The Bertz CT molecular complexity index is 770. The van der Waals surface area contributed by atoms with Gasteiger partial charge in [-0.1, -0.05) is 51.0 Å². The summed E-state index contributed by atoms with van der Waals surface area (Å²) < 4.78 is 15.0. The topological polar surface area (TPSA) is 66.5 Å². The lowest BCUT2D eigenvalue weighted by Crippen LogP contribution is -2.33. The zero-order chi connectivity index (χ0) is 22.0. The van der Waals surface area contributed by atoms with Gasteiger partial charge in [-0.15, -0.1) is 0 Å². The Labute approximate surface area is 178 Å². The molecule has 0 fully saturated rings. The third-order valence-corrected chi connectivity index (χ3v) is 5.27. The van der Waals surface area contributed by atoms with Crippen molar-refractivity contribution in [2.75, 3.05) is 13.1 Å². The molecule has 1 aromatic carbocycles. The average Bonchev–Trinajstić information content (AvgIpc) is 3.06. The van der Waals surface area contributed by atoms with Crippen molar-refractivity contribution in [1.82, 2.24) is 10.2 Å². The Morgan fingerprint density at radius 1 is 1.10 bits per heavy atom. The third kappa shape index (κ3) is 6.94. The second kappa shape index (κ2) is 11.4. The maximum atomic E-state index is 15.0. The molecule has 0 saturated heterocycles. The predicted octanol–water partition coefficient (Wildman–Crippen LogP) is 4.14. The van der Waals surface area contributed by atoms with E-state index in [1.54, 1.807) is 24.3 Å². The van der Waals surface area contributed by atoms with Crippen LogP contribution < -0.4 is 5.32 Å². The summed E-state index contributed by atoms with van der Waals surface area (Å²) in [6.45, 7) is 6.40. The average molecular weight is 415 g/mol. The van der Waals surface area contributed by atoms with Crippen LogP contribution in [0, 0.1) is 0 Å². The van der Waals surface area contributed by atoms with Crippen molar-refractivity contribution in [2.24, 2.45) is 0 Å². The van der Waals surface area contributed by atoms with E-state index in [0.29, 0.717) is 24.9 Å². The minimum absolute atomic E-state index is 0.242. The second-order valence-electron chi connectivity index (χ2n) is 7.69. The summed E-state index contributed by atoms with van der Waals surface area (Å²) in [7, 11) is 0. The standard InChI is InChI=1S/C24H31FN2O3/c1-3-5-6-7-15-24(25,4-2)18-19-9-11-20(12-10-19)23(30)26-16-8-17-27-21(28)13-14-22(27)29/h4,9-14H,2-3,5-8,15-18H2,1H3,(H,26,30). The molecule has 3 amide bonds. The van der Waals surface area contributed by atoms with Crippen LogP contribution in [-0.2, 0) is 16.0 Å². The molecule has 0 aliphatic carbocycles. The quantitative estimate of drug-likeness (QED) is 0.300. The molecule has 1 aliphatic rings. The Morgan fingerprint density at radius 3 is 2.37 bits per heavy atom. The van der Waals surface area contributed by atoms with E-state index in [1.165, 1.54) is 18.2 Å². The lowest BCUT2D eigenvalue weighted by atomic mass is 9.90. The molecule has 5 nitrogen and oxygen atoms in total. The Balaban J connectivity index is 1.78. The maximum absolute atomic E-state index is 15.0. The molecule has 1 heterocycles. The van der Waals surface area contributed by atoms with Gasteiger partial charge in [0, 0.05) is 37.2 Å². The van der Waals surface area contributed by atoms with Crippen molar-refractivity contribution in [2.45, 2.75) is 57.5 Å². The van der Waals surface area contributed by atoms with Crippen LogP contribution in [0.25, 0.3) is 0 Å². The minimum atomic E-state index is -1.43. The summed E-state index contributed by atoms with van der Waals surface area (Å²) in [4.78, 5) is 36.4. The molecular formula is C24H31FN2O3. The molecule has 0 bridgehead atoms. The summed E-state index contributed by atoms with van der Waals surface area (Å²) in [6.07, 6.45) is 9.13.